The van der Waals surface area contributed by atoms with Gasteiger partial charge in [-0.25, -0.2) is 4.98 Å². The average molecular weight is 473 g/mol. The van der Waals surface area contributed by atoms with Crippen LogP contribution in [-0.2, 0) is 0 Å². The van der Waals surface area contributed by atoms with E-state index in [0.717, 1.165) is 5.56 Å². The number of ether oxygens (including phenoxy) is 5. The van der Waals surface area contributed by atoms with E-state index >= 15 is 0 Å². The molecule has 2 aromatic carbocycles. The van der Waals surface area contributed by atoms with Gasteiger partial charge >= 0.3 is 0 Å². The largest absolute Gasteiger partial charge is 0.493 e. The number of benzene rings is 2. The highest BCUT2D eigenvalue weighted by atomic mass is 32.1. The Balaban J connectivity index is 1.85. The normalized spacial score (nSPS) is 10.5. The monoisotopic (exact) mass is 472 g/mol. The second kappa shape index (κ2) is 11.4. The number of carbonyl (C=O) groups excluding carboxylic acids is 1. The second-order valence-electron chi connectivity index (χ2n) is 6.66. The van der Waals surface area contributed by atoms with Gasteiger partial charge in [-0.2, -0.15) is 0 Å². The Bertz CT molecular complexity index is 1070. The van der Waals surface area contributed by atoms with Gasteiger partial charge in [-0.15, -0.1) is 11.3 Å². The van der Waals surface area contributed by atoms with Crippen LogP contribution in [0.25, 0.3) is 11.3 Å². The molecule has 9 heteroatoms. The van der Waals surface area contributed by atoms with Gasteiger partial charge in [-0.1, -0.05) is 0 Å². The molecule has 0 aliphatic heterocycles. The maximum absolute atomic E-state index is 13.0. The van der Waals surface area contributed by atoms with Gasteiger partial charge in [0.25, 0.3) is 5.91 Å². The van der Waals surface area contributed by atoms with Crippen molar-refractivity contribution in [3.8, 4) is 40.0 Å². The number of thiazole rings is 1. The lowest BCUT2D eigenvalue weighted by Crippen LogP contribution is -2.13. The number of carbonyl (C=O) groups is 1. The molecule has 0 aliphatic rings. The molecule has 1 heterocycles. The van der Waals surface area contributed by atoms with Crippen LogP contribution in [0.3, 0.4) is 0 Å². The number of methoxy groups -OCH3 is 2. The first kappa shape index (κ1) is 24.2. The highest BCUT2D eigenvalue weighted by molar-refractivity contribution is 7.14. The summed E-state index contributed by atoms with van der Waals surface area (Å²) in [6, 6.07) is 8.84. The number of nitrogens with zero attached hydrogens (tertiary/aromatic N) is 1. The van der Waals surface area contributed by atoms with Crippen molar-refractivity contribution in [1.82, 2.24) is 4.98 Å². The van der Waals surface area contributed by atoms with Crippen molar-refractivity contribution in [3.63, 3.8) is 0 Å². The minimum atomic E-state index is -0.326. The molecule has 0 bridgehead atoms. The van der Waals surface area contributed by atoms with E-state index < -0.39 is 0 Å². The minimum absolute atomic E-state index is 0.326. The maximum atomic E-state index is 13.0. The van der Waals surface area contributed by atoms with Gasteiger partial charge in [0.2, 0.25) is 5.75 Å². The molecule has 1 amide bonds. The molecule has 0 fully saturated rings. The molecule has 33 heavy (non-hydrogen) atoms. The number of hydrogen-bond acceptors (Lipinski definition) is 8. The Morgan fingerprint density at radius 2 is 1.52 bits per heavy atom. The van der Waals surface area contributed by atoms with E-state index in [0.29, 0.717) is 65.0 Å². The molecule has 3 aromatic rings. The van der Waals surface area contributed by atoms with Gasteiger partial charge < -0.3 is 23.7 Å². The van der Waals surface area contributed by atoms with Crippen LogP contribution in [0.15, 0.2) is 35.7 Å². The molecule has 0 spiro atoms. The van der Waals surface area contributed by atoms with E-state index in [1.165, 1.54) is 11.3 Å². The SMILES string of the molecule is CCOc1cc(C(=O)Nc2nc(-c3ccc(OC)c(OC)c3)cs2)cc(OCC)c1OCC. The van der Waals surface area contributed by atoms with Gasteiger partial charge in [-0.3, -0.25) is 10.1 Å². The molecule has 0 saturated heterocycles. The lowest BCUT2D eigenvalue weighted by Gasteiger charge is -2.16. The number of hydrogen-bond donors (Lipinski definition) is 1. The van der Waals surface area contributed by atoms with Gasteiger partial charge in [0, 0.05) is 16.5 Å². The molecule has 1 aromatic heterocycles. The summed E-state index contributed by atoms with van der Waals surface area (Å²) >= 11 is 1.33. The third kappa shape index (κ3) is 5.67. The predicted octanol–water partition coefficient (Wildman–Crippen LogP) is 5.28. The lowest BCUT2D eigenvalue weighted by atomic mass is 10.1. The van der Waals surface area contributed by atoms with Crippen LogP contribution in [-0.4, -0.2) is 44.9 Å². The molecular formula is C24H28N2O6S. The molecule has 176 valence electrons. The Hall–Kier alpha value is -3.46. The van der Waals surface area contributed by atoms with Crippen molar-refractivity contribution < 1.29 is 28.5 Å². The predicted molar refractivity (Wildman–Crippen MR) is 129 cm³/mol. The molecule has 0 radical (unpaired) electrons. The summed E-state index contributed by atoms with van der Waals surface area (Å²) in [5.41, 5.74) is 1.95. The first-order chi connectivity index (χ1) is 16.0. The fourth-order valence-electron chi connectivity index (χ4n) is 3.15. The van der Waals surface area contributed by atoms with Gasteiger partial charge in [0.05, 0.1) is 39.7 Å². The first-order valence-electron chi connectivity index (χ1n) is 10.6. The molecule has 3 rings (SSSR count). The van der Waals surface area contributed by atoms with E-state index in [4.69, 9.17) is 23.7 Å². The van der Waals surface area contributed by atoms with E-state index in [1.807, 2.05) is 44.4 Å². The number of aromatic nitrogens is 1. The number of anilines is 1. The van der Waals surface area contributed by atoms with Crippen molar-refractivity contribution in [2.24, 2.45) is 0 Å². The van der Waals surface area contributed by atoms with E-state index in [-0.39, 0.29) is 5.91 Å². The van der Waals surface area contributed by atoms with Crippen molar-refractivity contribution in [3.05, 3.63) is 41.3 Å². The van der Waals surface area contributed by atoms with Crippen molar-refractivity contribution in [1.29, 1.82) is 0 Å². The molecular weight excluding hydrogens is 444 g/mol. The Kier molecular flexibility index (Phi) is 8.37. The standard InChI is InChI=1S/C24H28N2O6S/c1-6-30-20-12-16(13-21(31-7-2)22(20)32-8-3)23(27)26-24-25-17(14-33-24)15-9-10-18(28-4)19(11-15)29-5/h9-14H,6-8H2,1-5H3,(H,25,26,27). The Morgan fingerprint density at radius 3 is 2.09 bits per heavy atom. The van der Waals surface area contributed by atoms with Crippen LogP contribution in [0.1, 0.15) is 31.1 Å². The summed E-state index contributed by atoms with van der Waals surface area (Å²) in [6.45, 7) is 6.92. The third-order valence-corrected chi connectivity index (χ3v) is 5.33. The van der Waals surface area contributed by atoms with Crippen molar-refractivity contribution in [2.45, 2.75) is 20.8 Å². The van der Waals surface area contributed by atoms with Crippen LogP contribution in [0.2, 0.25) is 0 Å². The highest BCUT2D eigenvalue weighted by Gasteiger charge is 2.19. The zero-order valence-corrected chi connectivity index (χ0v) is 20.2. The van der Waals surface area contributed by atoms with Gasteiger partial charge in [-0.05, 0) is 51.1 Å². The molecule has 1 N–H and O–H groups in total. The van der Waals surface area contributed by atoms with Crippen LogP contribution in [0.5, 0.6) is 28.7 Å². The molecule has 8 nitrogen and oxygen atoms in total. The van der Waals surface area contributed by atoms with Crippen LogP contribution in [0.4, 0.5) is 5.13 Å². The van der Waals surface area contributed by atoms with Crippen molar-refractivity contribution in [2.75, 3.05) is 39.4 Å². The molecule has 0 aliphatic carbocycles. The fraction of sp³-hybridized carbons (Fsp3) is 0.333. The summed E-state index contributed by atoms with van der Waals surface area (Å²) in [5.74, 6) is 2.32. The van der Waals surface area contributed by atoms with Crippen LogP contribution in [0, 0.1) is 0 Å². The first-order valence-corrected chi connectivity index (χ1v) is 11.5. The van der Waals surface area contributed by atoms with Gasteiger partial charge in [0.1, 0.15) is 0 Å². The zero-order chi connectivity index (χ0) is 23.8. The molecule has 0 atom stereocenters. The van der Waals surface area contributed by atoms with E-state index in [2.05, 4.69) is 10.3 Å². The molecule has 0 saturated carbocycles. The average Bonchev–Trinajstić information content (AvgIpc) is 3.29. The quantitative estimate of drug-likeness (QED) is 0.406. The Morgan fingerprint density at radius 1 is 0.879 bits per heavy atom. The number of amides is 1. The van der Waals surface area contributed by atoms with Crippen molar-refractivity contribution >= 4 is 22.4 Å². The smallest absolute Gasteiger partial charge is 0.257 e. The Labute approximate surface area is 197 Å². The molecule has 0 unspecified atom stereocenters. The lowest BCUT2D eigenvalue weighted by molar-refractivity contribution is 0.102. The summed E-state index contributed by atoms with van der Waals surface area (Å²) in [5, 5.41) is 5.18. The number of nitrogens with one attached hydrogen (secondary N) is 1. The highest BCUT2D eigenvalue weighted by Crippen LogP contribution is 2.39. The van der Waals surface area contributed by atoms with Crippen LogP contribution < -0.4 is 29.0 Å². The number of rotatable bonds is 11. The summed E-state index contributed by atoms with van der Waals surface area (Å²) < 4.78 is 27.7. The maximum Gasteiger partial charge on any atom is 0.257 e. The van der Waals surface area contributed by atoms with E-state index in [1.54, 1.807) is 26.4 Å². The fourth-order valence-corrected chi connectivity index (χ4v) is 3.86. The second-order valence-corrected chi connectivity index (χ2v) is 7.52. The summed E-state index contributed by atoms with van der Waals surface area (Å²) in [6.07, 6.45) is 0. The van der Waals surface area contributed by atoms with Crippen LogP contribution >= 0.6 is 11.3 Å². The summed E-state index contributed by atoms with van der Waals surface area (Å²) in [7, 11) is 3.17. The summed E-state index contributed by atoms with van der Waals surface area (Å²) in [4.78, 5) is 17.5. The topological polar surface area (TPSA) is 88.1 Å². The van der Waals surface area contributed by atoms with Gasteiger partial charge in [0.15, 0.2) is 28.1 Å². The zero-order valence-electron chi connectivity index (χ0n) is 19.4. The third-order valence-electron chi connectivity index (χ3n) is 4.58. The van der Waals surface area contributed by atoms with E-state index in [9.17, 15) is 4.79 Å². The minimum Gasteiger partial charge on any atom is -0.493 e.